The van der Waals surface area contributed by atoms with E-state index in [1.54, 1.807) is 0 Å². The average Bonchev–Trinajstić information content (AvgIpc) is 2.99. The Labute approximate surface area is 183 Å². The molecule has 4 N–H and O–H groups in total. The molecule has 4 heterocycles. The van der Waals surface area contributed by atoms with Crippen molar-refractivity contribution >= 4 is 23.7 Å². The van der Waals surface area contributed by atoms with E-state index in [0.717, 1.165) is 37.3 Å². The molecule has 3 aliphatic heterocycles. The lowest BCUT2D eigenvalue weighted by molar-refractivity contribution is 0.0269. The number of rotatable bonds is 5. The molecular weight excluding hydrogens is 396 g/mol. The van der Waals surface area contributed by atoms with Gasteiger partial charge in [-0.05, 0) is 49.8 Å². The average molecular weight is 429 g/mol. The van der Waals surface area contributed by atoms with E-state index in [0.29, 0.717) is 50.1 Å². The highest BCUT2D eigenvalue weighted by Crippen LogP contribution is 2.31. The van der Waals surface area contributed by atoms with Crippen LogP contribution in [0.15, 0.2) is 23.2 Å². The third kappa shape index (κ3) is 5.30. The van der Waals surface area contributed by atoms with Crippen molar-refractivity contribution in [1.29, 1.82) is 5.41 Å². The molecule has 168 valence electrons. The van der Waals surface area contributed by atoms with Gasteiger partial charge in [0.05, 0.1) is 32.0 Å². The number of hydrazine groups is 1. The van der Waals surface area contributed by atoms with E-state index in [9.17, 15) is 5.11 Å². The third-order valence-electron chi connectivity index (χ3n) is 6.03. The molecule has 1 aromatic rings. The molecule has 0 unspecified atom stereocenters. The van der Waals surface area contributed by atoms with Gasteiger partial charge in [0.2, 0.25) is 0 Å². The number of nitrogens with one attached hydrogen (secondary N) is 3. The Morgan fingerprint density at radius 3 is 3.00 bits per heavy atom. The van der Waals surface area contributed by atoms with Crippen molar-refractivity contribution in [3.63, 3.8) is 0 Å². The summed E-state index contributed by atoms with van der Waals surface area (Å²) in [6.45, 7) is 5.96. The van der Waals surface area contributed by atoms with Crippen molar-refractivity contribution in [2.24, 2.45) is 10.9 Å². The number of nitrogens with zero attached hydrogens (tertiary/aromatic N) is 3. The van der Waals surface area contributed by atoms with E-state index >= 15 is 0 Å². The fourth-order valence-corrected chi connectivity index (χ4v) is 4.30. The summed E-state index contributed by atoms with van der Waals surface area (Å²) in [4.78, 5) is 11.8. The summed E-state index contributed by atoms with van der Waals surface area (Å²) in [5.74, 6) is 2.08. The number of aliphatic hydroxyl groups is 1. The van der Waals surface area contributed by atoms with Gasteiger partial charge in [-0.1, -0.05) is 6.08 Å². The molecule has 2 fully saturated rings. The van der Waals surface area contributed by atoms with E-state index in [-0.39, 0.29) is 12.0 Å². The lowest BCUT2D eigenvalue weighted by Crippen LogP contribution is -2.44. The molecule has 0 bridgehead atoms. The van der Waals surface area contributed by atoms with Gasteiger partial charge in [-0.15, -0.1) is 0 Å². The minimum Gasteiger partial charge on any atom is -0.390 e. The summed E-state index contributed by atoms with van der Waals surface area (Å²) in [5.41, 5.74) is 7.77. The number of pyridine rings is 1. The lowest BCUT2D eigenvalue weighted by Gasteiger charge is -2.35. The van der Waals surface area contributed by atoms with Gasteiger partial charge in [0.15, 0.2) is 5.82 Å². The van der Waals surface area contributed by atoms with Crippen molar-refractivity contribution in [3.8, 4) is 0 Å². The minimum absolute atomic E-state index is 0.0773. The Morgan fingerprint density at radius 1 is 1.35 bits per heavy atom. The van der Waals surface area contributed by atoms with Gasteiger partial charge in [0.1, 0.15) is 11.7 Å². The molecule has 0 aromatic carbocycles. The molecule has 0 aliphatic carbocycles. The highest BCUT2D eigenvalue weighted by Gasteiger charge is 2.27. The smallest absolute Gasteiger partial charge is 0.165 e. The summed E-state index contributed by atoms with van der Waals surface area (Å²) >= 11 is 0. The van der Waals surface area contributed by atoms with Crippen LogP contribution in [0.25, 0.3) is 0 Å². The molecule has 0 amide bonds. The highest BCUT2D eigenvalue weighted by molar-refractivity contribution is 5.97. The molecule has 0 spiro atoms. The van der Waals surface area contributed by atoms with Crippen LogP contribution in [0.1, 0.15) is 30.9 Å². The predicted octanol–water partition coefficient (Wildman–Crippen LogP) is 1.33. The van der Waals surface area contributed by atoms with Gasteiger partial charge < -0.3 is 30.3 Å². The van der Waals surface area contributed by atoms with Gasteiger partial charge >= 0.3 is 0 Å². The molecule has 9 nitrogen and oxygen atoms in total. The summed E-state index contributed by atoms with van der Waals surface area (Å²) in [7, 11) is 0. The Bertz CT molecular complexity index is 843. The standard InChI is InChI=1S/C22H32N6O3/c1-15-13-31-9-7-28(15)21-11-17(10-16-4-3-8-30-14-19(16)29)18(12-23)22(26-21)25-20-5-2-6-24-27-20/h2,5,11-12,15-16,19,23-24,29H,3-4,6-10,13-14H2,1H3,(H,25,26,27)/t15-,16-,19-/m1/s1. The minimum atomic E-state index is -0.512. The Balaban J connectivity index is 1.74. The van der Waals surface area contributed by atoms with Crippen LogP contribution in [0.4, 0.5) is 11.6 Å². The van der Waals surface area contributed by atoms with E-state index in [4.69, 9.17) is 24.9 Å². The second-order valence-electron chi connectivity index (χ2n) is 8.29. The molecular formula is C22H32N6O3. The SMILES string of the molecule is C[C@@H]1COCCN1c1cc(C[C@H]2CCCOC[C@H]2O)c(C=N)c(/N=C2/C=CCNN2)n1. The van der Waals surface area contributed by atoms with E-state index in [1.807, 2.05) is 12.2 Å². The Hall–Kier alpha value is -2.33. The van der Waals surface area contributed by atoms with Gasteiger partial charge in [-0.3, -0.25) is 0 Å². The number of aromatic nitrogens is 1. The summed E-state index contributed by atoms with van der Waals surface area (Å²) in [6.07, 6.45) is 7.18. The molecule has 9 heteroatoms. The zero-order valence-electron chi connectivity index (χ0n) is 18.0. The maximum Gasteiger partial charge on any atom is 0.165 e. The van der Waals surface area contributed by atoms with Crippen LogP contribution in [0, 0.1) is 11.3 Å². The first-order chi connectivity index (χ1) is 15.2. The van der Waals surface area contributed by atoms with Crippen LogP contribution in [-0.2, 0) is 15.9 Å². The predicted molar refractivity (Wildman–Crippen MR) is 120 cm³/mol. The summed E-state index contributed by atoms with van der Waals surface area (Å²) in [5, 5.41) is 18.7. The second-order valence-corrected chi connectivity index (χ2v) is 8.29. The Morgan fingerprint density at radius 2 is 2.23 bits per heavy atom. The number of anilines is 1. The molecule has 2 saturated heterocycles. The van der Waals surface area contributed by atoms with Crippen LogP contribution in [0.3, 0.4) is 0 Å². The maximum atomic E-state index is 10.6. The highest BCUT2D eigenvalue weighted by atomic mass is 16.5. The van der Waals surface area contributed by atoms with Crippen molar-refractivity contribution in [1.82, 2.24) is 15.8 Å². The molecule has 31 heavy (non-hydrogen) atoms. The quantitative estimate of drug-likeness (QED) is 0.523. The molecule has 0 radical (unpaired) electrons. The van der Waals surface area contributed by atoms with E-state index < -0.39 is 6.10 Å². The van der Waals surface area contributed by atoms with Gasteiger partial charge in [-0.2, -0.15) is 0 Å². The zero-order valence-corrected chi connectivity index (χ0v) is 18.0. The number of morpholine rings is 1. The van der Waals surface area contributed by atoms with Gasteiger partial charge in [0.25, 0.3) is 0 Å². The van der Waals surface area contributed by atoms with Crippen LogP contribution < -0.4 is 15.8 Å². The van der Waals surface area contributed by atoms with Crippen molar-refractivity contribution in [3.05, 3.63) is 29.3 Å². The van der Waals surface area contributed by atoms with Gasteiger partial charge in [0, 0.05) is 31.5 Å². The first-order valence-corrected chi connectivity index (χ1v) is 11.0. The van der Waals surface area contributed by atoms with E-state index in [1.165, 1.54) is 6.21 Å². The number of aliphatic hydroxyl groups excluding tert-OH is 1. The van der Waals surface area contributed by atoms with Crippen LogP contribution in [-0.4, -0.2) is 73.8 Å². The monoisotopic (exact) mass is 428 g/mol. The lowest BCUT2D eigenvalue weighted by atomic mass is 9.89. The zero-order chi connectivity index (χ0) is 21.6. The fourth-order valence-electron chi connectivity index (χ4n) is 4.30. The Kier molecular flexibility index (Phi) is 7.29. The molecule has 1 aromatic heterocycles. The molecule has 4 rings (SSSR count). The van der Waals surface area contributed by atoms with Crippen LogP contribution in [0.2, 0.25) is 0 Å². The maximum absolute atomic E-state index is 10.6. The normalized spacial score (nSPS) is 28.3. The number of amidine groups is 1. The topological polar surface area (TPSA) is 115 Å². The first kappa shape index (κ1) is 21.9. The third-order valence-corrected chi connectivity index (χ3v) is 6.03. The molecule has 3 aliphatic rings. The first-order valence-electron chi connectivity index (χ1n) is 11.0. The van der Waals surface area contributed by atoms with Crippen LogP contribution in [0.5, 0.6) is 0 Å². The fraction of sp³-hybridized carbons (Fsp3) is 0.591. The number of hydrogen-bond donors (Lipinski definition) is 4. The largest absolute Gasteiger partial charge is 0.390 e. The number of ether oxygens (including phenoxy) is 2. The van der Waals surface area contributed by atoms with Crippen molar-refractivity contribution in [2.75, 3.05) is 44.4 Å². The van der Waals surface area contributed by atoms with Crippen molar-refractivity contribution < 1.29 is 14.6 Å². The number of hydrogen-bond acceptors (Lipinski definition) is 8. The van der Waals surface area contributed by atoms with Crippen molar-refractivity contribution in [2.45, 2.75) is 38.3 Å². The number of aliphatic imine (C=N–C) groups is 1. The van der Waals surface area contributed by atoms with Gasteiger partial charge in [-0.25, -0.2) is 15.4 Å². The molecule has 0 saturated carbocycles. The van der Waals surface area contributed by atoms with E-state index in [2.05, 4.69) is 28.7 Å². The summed E-state index contributed by atoms with van der Waals surface area (Å²) < 4.78 is 11.1. The van der Waals surface area contributed by atoms with Crippen LogP contribution >= 0.6 is 0 Å². The molecule has 3 atom stereocenters. The summed E-state index contributed by atoms with van der Waals surface area (Å²) in [6, 6.07) is 2.26. The second kappa shape index (κ2) is 10.3.